The number of urea groups is 1. The molecule has 7 nitrogen and oxygen atoms in total. The Morgan fingerprint density at radius 3 is 2.54 bits per heavy atom. The van der Waals surface area contributed by atoms with Gasteiger partial charge in [-0.2, -0.15) is 0 Å². The molecule has 0 spiro atoms. The Hall–Kier alpha value is -2.96. The van der Waals surface area contributed by atoms with Gasteiger partial charge in [0.1, 0.15) is 5.54 Å². The van der Waals surface area contributed by atoms with Crippen molar-refractivity contribution in [2.75, 3.05) is 4.90 Å². The van der Waals surface area contributed by atoms with E-state index in [1.54, 1.807) is 29.2 Å². The lowest BCUT2D eigenvalue weighted by Crippen LogP contribution is -2.51. The first-order valence-corrected chi connectivity index (χ1v) is 8.78. The first kappa shape index (κ1) is 15.3. The lowest BCUT2D eigenvalue weighted by Gasteiger charge is -2.35. The highest BCUT2D eigenvalue weighted by molar-refractivity contribution is 6.26. The molecule has 3 aliphatic rings. The first-order valence-electron chi connectivity index (χ1n) is 8.78. The van der Waals surface area contributed by atoms with Crippen LogP contribution in [-0.4, -0.2) is 33.3 Å². The molecule has 7 heteroatoms. The van der Waals surface area contributed by atoms with Crippen LogP contribution in [0.1, 0.15) is 26.2 Å². The molecule has 0 aromatic heterocycles. The van der Waals surface area contributed by atoms with E-state index in [9.17, 15) is 19.7 Å². The predicted molar refractivity (Wildman–Crippen MR) is 94.9 cm³/mol. The molecule has 26 heavy (non-hydrogen) atoms. The molecule has 2 heterocycles. The molecule has 2 aliphatic heterocycles. The van der Waals surface area contributed by atoms with Gasteiger partial charge < -0.3 is 4.90 Å². The Kier molecular flexibility index (Phi) is 2.83. The summed E-state index contributed by atoms with van der Waals surface area (Å²) in [6.07, 6.45) is 2.79. The van der Waals surface area contributed by atoms with Gasteiger partial charge in [-0.1, -0.05) is 18.2 Å². The van der Waals surface area contributed by atoms with Gasteiger partial charge in [0.15, 0.2) is 0 Å². The average molecular weight is 351 g/mol. The van der Waals surface area contributed by atoms with E-state index in [2.05, 4.69) is 0 Å². The van der Waals surface area contributed by atoms with Crippen molar-refractivity contribution in [1.29, 1.82) is 0 Å². The van der Waals surface area contributed by atoms with E-state index in [1.807, 2.05) is 6.92 Å². The molecule has 5 rings (SSSR count). The Morgan fingerprint density at radius 1 is 1.12 bits per heavy atom. The number of carbonyl (C=O) groups excluding carboxylic acids is 2. The van der Waals surface area contributed by atoms with Crippen LogP contribution in [0, 0.1) is 16.0 Å². The maximum Gasteiger partial charge on any atom is 0.332 e. The van der Waals surface area contributed by atoms with E-state index in [4.69, 9.17) is 0 Å². The van der Waals surface area contributed by atoms with Crippen LogP contribution in [0.4, 0.5) is 16.2 Å². The van der Waals surface area contributed by atoms with Crippen LogP contribution in [0.5, 0.6) is 0 Å². The standard InChI is InChI=1S/C19H17N3O4/c1-19-11-6-7-12(10-11)21(19)18(24)20(17(19)23)15-8-9-16(22(25)26)14-5-3-2-4-13(14)15/h2-5,8-9,11-12H,6-7,10H2,1H3/t11-,12+,19-/m1/s1. The number of carbonyl (C=O) groups is 2. The summed E-state index contributed by atoms with van der Waals surface area (Å²) in [7, 11) is 0. The molecule has 2 aromatic rings. The minimum absolute atomic E-state index is 0.0322. The molecule has 132 valence electrons. The van der Waals surface area contributed by atoms with E-state index in [1.165, 1.54) is 17.0 Å². The maximum atomic E-state index is 13.3. The average Bonchev–Trinajstić information content (AvgIpc) is 3.26. The molecule has 2 aromatic carbocycles. The van der Waals surface area contributed by atoms with Gasteiger partial charge in [0, 0.05) is 17.5 Å². The number of nitro benzene ring substituents is 1. The van der Waals surface area contributed by atoms with Crippen LogP contribution in [0.3, 0.4) is 0 Å². The van der Waals surface area contributed by atoms with Crippen molar-refractivity contribution in [3.8, 4) is 0 Å². The molecule has 1 aliphatic carbocycles. The smallest absolute Gasteiger partial charge is 0.306 e. The SMILES string of the molecule is C[C@@]12C(=O)N(c3ccc([N+](=O)[O-])c4ccccc34)C(=O)N1[C@H]1CC[C@@H]2C1. The minimum atomic E-state index is -0.789. The number of rotatable bonds is 2. The van der Waals surface area contributed by atoms with Gasteiger partial charge in [0.05, 0.1) is 16.0 Å². The summed E-state index contributed by atoms with van der Waals surface area (Å²) in [6, 6.07) is 9.55. The lowest BCUT2D eigenvalue weighted by atomic mass is 9.85. The van der Waals surface area contributed by atoms with Crippen LogP contribution >= 0.6 is 0 Å². The third-order valence-electron chi connectivity index (χ3n) is 6.41. The molecule has 2 bridgehead atoms. The second-order valence-electron chi connectivity index (χ2n) is 7.51. The quantitative estimate of drug-likeness (QED) is 0.471. The Labute approximate surface area is 149 Å². The van der Waals surface area contributed by atoms with Crippen LogP contribution in [-0.2, 0) is 4.79 Å². The summed E-state index contributed by atoms with van der Waals surface area (Å²) in [5.41, 5.74) is -0.394. The van der Waals surface area contributed by atoms with E-state index in [0.717, 1.165) is 19.3 Å². The van der Waals surface area contributed by atoms with Crippen LogP contribution in [0.2, 0.25) is 0 Å². The number of non-ortho nitro benzene ring substituents is 1. The van der Waals surface area contributed by atoms with Crippen molar-refractivity contribution < 1.29 is 14.5 Å². The second-order valence-corrected chi connectivity index (χ2v) is 7.51. The highest BCUT2D eigenvalue weighted by atomic mass is 16.6. The molecule has 0 unspecified atom stereocenters. The summed E-state index contributed by atoms with van der Waals surface area (Å²) in [5, 5.41) is 12.3. The number of fused-ring (bicyclic) bond motifs is 6. The van der Waals surface area contributed by atoms with Crippen LogP contribution in [0.25, 0.3) is 10.8 Å². The number of benzene rings is 2. The van der Waals surface area contributed by atoms with Gasteiger partial charge in [-0.3, -0.25) is 14.9 Å². The fraction of sp³-hybridized carbons (Fsp3) is 0.368. The summed E-state index contributed by atoms with van der Waals surface area (Å²) < 4.78 is 0. The topological polar surface area (TPSA) is 83.8 Å². The first-order chi connectivity index (χ1) is 12.4. The summed E-state index contributed by atoms with van der Waals surface area (Å²) in [4.78, 5) is 40.3. The number of anilines is 1. The van der Waals surface area contributed by atoms with Gasteiger partial charge in [-0.25, -0.2) is 9.69 Å². The molecular formula is C19H17N3O4. The van der Waals surface area contributed by atoms with Crippen molar-refractivity contribution in [2.45, 2.75) is 37.8 Å². The fourth-order valence-electron chi connectivity index (χ4n) is 5.17. The second kappa shape index (κ2) is 4.81. The molecule has 0 radical (unpaired) electrons. The monoisotopic (exact) mass is 351 g/mol. The molecule has 3 fully saturated rings. The number of nitro groups is 1. The van der Waals surface area contributed by atoms with Gasteiger partial charge in [-0.15, -0.1) is 0 Å². The van der Waals surface area contributed by atoms with Crippen molar-refractivity contribution in [3.63, 3.8) is 0 Å². The minimum Gasteiger partial charge on any atom is -0.306 e. The van der Waals surface area contributed by atoms with Crippen LogP contribution < -0.4 is 4.90 Å². The number of imide groups is 1. The zero-order chi connectivity index (χ0) is 18.2. The van der Waals surface area contributed by atoms with Gasteiger partial charge in [0.25, 0.3) is 11.6 Å². The summed E-state index contributed by atoms with van der Waals surface area (Å²) >= 11 is 0. The normalized spacial score (nSPS) is 29.7. The zero-order valence-corrected chi connectivity index (χ0v) is 14.2. The van der Waals surface area contributed by atoms with Gasteiger partial charge >= 0.3 is 6.03 Å². The maximum absolute atomic E-state index is 13.3. The van der Waals surface area contributed by atoms with E-state index in [0.29, 0.717) is 16.5 Å². The highest BCUT2D eigenvalue weighted by Crippen LogP contribution is 2.54. The number of hydrogen-bond donors (Lipinski definition) is 0. The van der Waals surface area contributed by atoms with Crippen LogP contribution in [0.15, 0.2) is 36.4 Å². The molecule has 1 saturated carbocycles. The third-order valence-corrected chi connectivity index (χ3v) is 6.41. The number of nitrogens with zero attached hydrogens (tertiary/aromatic N) is 3. The van der Waals surface area contributed by atoms with E-state index >= 15 is 0 Å². The lowest BCUT2D eigenvalue weighted by molar-refractivity contribution is -0.383. The molecule has 2 saturated heterocycles. The highest BCUT2D eigenvalue weighted by Gasteiger charge is 2.67. The van der Waals surface area contributed by atoms with Crippen molar-refractivity contribution in [3.05, 3.63) is 46.5 Å². The Bertz CT molecular complexity index is 1000. The Morgan fingerprint density at radius 2 is 1.85 bits per heavy atom. The summed E-state index contributed by atoms with van der Waals surface area (Å²) in [6.45, 7) is 1.87. The third kappa shape index (κ3) is 1.63. The number of amides is 3. The molecule has 3 amide bonds. The molecule has 0 N–H and O–H groups in total. The predicted octanol–water partition coefficient (Wildman–Crippen LogP) is 3.46. The van der Waals surface area contributed by atoms with Gasteiger partial charge in [0.2, 0.25) is 0 Å². The van der Waals surface area contributed by atoms with Crippen molar-refractivity contribution in [2.24, 2.45) is 5.92 Å². The van der Waals surface area contributed by atoms with Gasteiger partial charge in [-0.05, 0) is 44.2 Å². The summed E-state index contributed by atoms with van der Waals surface area (Å²) in [5.74, 6) is -0.0213. The molecule has 3 atom stereocenters. The van der Waals surface area contributed by atoms with E-state index in [-0.39, 0.29) is 29.6 Å². The van der Waals surface area contributed by atoms with E-state index < -0.39 is 10.5 Å². The number of piperidine rings is 1. The van der Waals surface area contributed by atoms with Crippen molar-refractivity contribution >= 4 is 34.1 Å². The Balaban J connectivity index is 1.70. The number of hydrogen-bond acceptors (Lipinski definition) is 4. The largest absolute Gasteiger partial charge is 0.332 e. The molecular weight excluding hydrogens is 334 g/mol. The fourth-order valence-corrected chi connectivity index (χ4v) is 5.17. The van der Waals surface area contributed by atoms with Crippen molar-refractivity contribution in [1.82, 2.24) is 4.90 Å². The zero-order valence-electron chi connectivity index (χ0n) is 14.2.